The number of carbonyl (C=O) groups excluding carboxylic acids is 1. The van der Waals surface area contributed by atoms with Crippen LogP contribution in [0.25, 0.3) is 0 Å². The van der Waals surface area contributed by atoms with Crippen molar-refractivity contribution in [1.82, 2.24) is 0 Å². The van der Waals surface area contributed by atoms with Crippen molar-refractivity contribution < 1.29 is 9.53 Å². The van der Waals surface area contributed by atoms with Crippen LogP contribution in [0, 0.1) is 0 Å². The van der Waals surface area contributed by atoms with Crippen LogP contribution in [0.1, 0.15) is 19.3 Å². The molecule has 2 aliphatic rings. The van der Waals surface area contributed by atoms with Gasteiger partial charge in [-0.05, 0) is 31.4 Å². The van der Waals surface area contributed by atoms with Gasteiger partial charge in [0.05, 0.1) is 11.4 Å². The molecule has 2 aliphatic heterocycles. The first-order chi connectivity index (χ1) is 9.27. The Balaban J connectivity index is 1.92. The zero-order valence-electron chi connectivity index (χ0n) is 11.3. The lowest BCUT2D eigenvalue weighted by molar-refractivity contribution is -0.127. The highest BCUT2D eigenvalue weighted by Gasteiger charge is 2.31. The normalized spacial score (nSPS) is 23.1. The number of fused-ring (bicyclic) bond motifs is 1. The minimum absolute atomic E-state index is 0.125. The molecule has 2 heterocycles. The maximum absolute atomic E-state index is 12.6. The third-order valence-electron chi connectivity index (χ3n) is 3.93. The number of amides is 1. The predicted octanol–water partition coefficient (Wildman–Crippen LogP) is 2.04. The monoisotopic (exact) mass is 260 g/mol. The molecular formula is C15H20N2O2. The second-order valence-electron chi connectivity index (χ2n) is 5.26. The average molecular weight is 260 g/mol. The van der Waals surface area contributed by atoms with Crippen molar-refractivity contribution in [2.45, 2.75) is 25.4 Å². The van der Waals surface area contributed by atoms with E-state index in [-0.39, 0.29) is 12.0 Å². The van der Waals surface area contributed by atoms with Gasteiger partial charge in [0.15, 0.2) is 0 Å². The fourth-order valence-corrected chi connectivity index (χ4v) is 2.90. The van der Waals surface area contributed by atoms with Gasteiger partial charge >= 0.3 is 0 Å². The Bertz CT molecular complexity index is 469. The topological polar surface area (TPSA) is 32.8 Å². The number of carbonyl (C=O) groups is 1. The second-order valence-corrected chi connectivity index (χ2v) is 5.26. The summed E-state index contributed by atoms with van der Waals surface area (Å²) in [5, 5.41) is 0. The Labute approximate surface area is 113 Å². The Morgan fingerprint density at radius 1 is 1.21 bits per heavy atom. The molecule has 0 radical (unpaired) electrons. The molecule has 1 atom stereocenters. The smallest absolute Gasteiger partial charge is 0.256 e. The van der Waals surface area contributed by atoms with Crippen LogP contribution in [0.5, 0.6) is 0 Å². The van der Waals surface area contributed by atoms with Crippen LogP contribution in [0.15, 0.2) is 24.3 Å². The summed E-state index contributed by atoms with van der Waals surface area (Å²) in [5.74, 6) is 0.125. The summed E-state index contributed by atoms with van der Waals surface area (Å²) in [4.78, 5) is 16.7. The summed E-state index contributed by atoms with van der Waals surface area (Å²) in [6, 6.07) is 8.13. The van der Waals surface area contributed by atoms with Gasteiger partial charge in [0.2, 0.25) is 0 Å². The summed E-state index contributed by atoms with van der Waals surface area (Å²) in [7, 11) is 2.08. The third kappa shape index (κ3) is 2.32. The minimum Gasteiger partial charge on any atom is -0.373 e. The van der Waals surface area contributed by atoms with Gasteiger partial charge in [-0.15, -0.1) is 0 Å². The first kappa shape index (κ1) is 12.5. The van der Waals surface area contributed by atoms with E-state index < -0.39 is 0 Å². The largest absolute Gasteiger partial charge is 0.373 e. The number of ether oxygens (including phenoxy) is 1. The van der Waals surface area contributed by atoms with Crippen LogP contribution in [0.4, 0.5) is 11.4 Å². The first-order valence-corrected chi connectivity index (χ1v) is 7.00. The fraction of sp³-hybridized carbons (Fsp3) is 0.533. The van der Waals surface area contributed by atoms with Gasteiger partial charge in [-0.2, -0.15) is 0 Å². The zero-order valence-corrected chi connectivity index (χ0v) is 11.3. The van der Waals surface area contributed by atoms with E-state index in [1.54, 1.807) is 0 Å². The highest BCUT2D eigenvalue weighted by Crippen LogP contribution is 2.32. The number of para-hydroxylation sites is 2. The molecule has 4 nitrogen and oxygen atoms in total. The van der Waals surface area contributed by atoms with Gasteiger partial charge in [0.25, 0.3) is 5.91 Å². The van der Waals surface area contributed by atoms with E-state index in [1.165, 1.54) is 0 Å². The van der Waals surface area contributed by atoms with Crippen LogP contribution in [-0.4, -0.2) is 38.8 Å². The molecule has 0 saturated carbocycles. The van der Waals surface area contributed by atoms with Gasteiger partial charge in [-0.25, -0.2) is 0 Å². The maximum Gasteiger partial charge on any atom is 0.256 e. The number of benzene rings is 1. The molecule has 4 heteroatoms. The molecule has 0 spiro atoms. The molecule has 0 N–H and O–H groups in total. The summed E-state index contributed by atoms with van der Waals surface area (Å²) in [6.45, 7) is 2.47. The van der Waals surface area contributed by atoms with Crippen LogP contribution in [-0.2, 0) is 9.53 Å². The lowest BCUT2D eigenvalue weighted by Gasteiger charge is -2.26. The van der Waals surface area contributed by atoms with Gasteiger partial charge in [-0.3, -0.25) is 4.79 Å². The second kappa shape index (κ2) is 5.21. The van der Waals surface area contributed by atoms with E-state index >= 15 is 0 Å². The van der Waals surface area contributed by atoms with Crippen molar-refractivity contribution in [2.24, 2.45) is 0 Å². The SMILES string of the molecule is CN1CCCN(C(=O)[C@@H]2CCCO2)c2ccccc21. The van der Waals surface area contributed by atoms with Crippen molar-refractivity contribution in [3.63, 3.8) is 0 Å². The lowest BCUT2D eigenvalue weighted by Crippen LogP contribution is -2.39. The van der Waals surface area contributed by atoms with Crippen molar-refractivity contribution in [3.05, 3.63) is 24.3 Å². The number of hydrogen-bond acceptors (Lipinski definition) is 3. The summed E-state index contributed by atoms with van der Waals surface area (Å²) in [6.07, 6.45) is 2.60. The van der Waals surface area contributed by atoms with Crippen LogP contribution in [0.2, 0.25) is 0 Å². The quantitative estimate of drug-likeness (QED) is 0.774. The highest BCUT2D eigenvalue weighted by atomic mass is 16.5. The highest BCUT2D eigenvalue weighted by molar-refractivity contribution is 5.99. The molecule has 0 unspecified atom stereocenters. The van der Waals surface area contributed by atoms with Gasteiger partial charge in [-0.1, -0.05) is 12.1 Å². The van der Waals surface area contributed by atoms with Gasteiger partial charge in [0.1, 0.15) is 6.10 Å². The standard InChI is InChI=1S/C15H20N2O2/c1-16-9-5-10-17(13-7-3-2-6-12(13)16)15(18)14-8-4-11-19-14/h2-3,6-7,14H,4-5,8-11H2,1H3/t14-/m0/s1. The molecule has 1 amide bonds. The molecule has 1 aromatic carbocycles. The molecule has 0 aromatic heterocycles. The summed E-state index contributed by atoms with van der Waals surface area (Å²) in [5.41, 5.74) is 2.15. The maximum atomic E-state index is 12.6. The molecule has 102 valence electrons. The van der Waals surface area contributed by atoms with E-state index in [9.17, 15) is 4.79 Å². The summed E-state index contributed by atoms with van der Waals surface area (Å²) >= 11 is 0. The van der Waals surface area contributed by atoms with E-state index in [2.05, 4.69) is 18.0 Å². The van der Waals surface area contributed by atoms with Crippen LogP contribution in [0.3, 0.4) is 0 Å². The molecule has 0 aliphatic carbocycles. The number of rotatable bonds is 1. The number of anilines is 2. The van der Waals surface area contributed by atoms with Crippen molar-refractivity contribution in [3.8, 4) is 0 Å². The van der Waals surface area contributed by atoms with E-state index in [4.69, 9.17) is 4.74 Å². The van der Waals surface area contributed by atoms with Crippen LogP contribution < -0.4 is 9.80 Å². The predicted molar refractivity (Wildman–Crippen MR) is 75.7 cm³/mol. The van der Waals surface area contributed by atoms with Gasteiger partial charge in [0, 0.05) is 26.7 Å². The third-order valence-corrected chi connectivity index (χ3v) is 3.93. The molecular weight excluding hydrogens is 240 g/mol. The molecule has 3 rings (SSSR count). The van der Waals surface area contributed by atoms with Crippen molar-refractivity contribution in [1.29, 1.82) is 0 Å². The average Bonchev–Trinajstić information content (AvgIpc) is 2.91. The van der Waals surface area contributed by atoms with Crippen molar-refractivity contribution >= 4 is 17.3 Å². The lowest BCUT2D eigenvalue weighted by atomic mass is 10.2. The van der Waals surface area contributed by atoms with Gasteiger partial charge < -0.3 is 14.5 Å². The minimum atomic E-state index is -0.239. The summed E-state index contributed by atoms with van der Waals surface area (Å²) < 4.78 is 5.55. The van der Waals surface area contributed by atoms with E-state index in [1.807, 2.05) is 23.1 Å². The molecule has 0 bridgehead atoms. The fourth-order valence-electron chi connectivity index (χ4n) is 2.90. The van der Waals surface area contributed by atoms with E-state index in [0.29, 0.717) is 6.61 Å². The molecule has 1 aromatic rings. The zero-order chi connectivity index (χ0) is 13.2. The Morgan fingerprint density at radius 3 is 2.74 bits per heavy atom. The first-order valence-electron chi connectivity index (χ1n) is 7.00. The van der Waals surface area contributed by atoms with Crippen LogP contribution >= 0.6 is 0 Å². The molecule has 1 saturated heterocycles. The molecule has 19 heavy (non-hydrogen) atoms. The Kier molecular flexibility index (Phi) is 3.42. The Morgan fingerprint density at radius 2 is 2.00 bits per heavy atom. The van der Waals surface area contributed by atoms with E-state index in [0.717, 1.165) is 43.7 Å². The molecule has 1 fully saturated rings. The number of hydrogen-bond donors (Lipinski definition) is 0. The Hall–Kier alpha value is -1.55. The number of nitrogens with zero attached hydrogens (tertiary/aromatic N) is 2. The van der Waals surface area contributed by atoms with Crippen molar-refractivity contribution in [2.75, 3.05) is 36.5 Å².